The van der Waals surface area contributed by atoms with Gasteiger partial charge in [-0.25, -0.2) is 0 Å². The number of aryl methyl sites for hydroxylation is 1. The minimum absolute atomic E-state index is 0.208. The van der Waals surface area contributed by atoms with Gasteiger partial charge in [-0.3, -0.25) is 0 Å². The number of aromatic nitrogens is 2. The Kier molecular flexibility index (Phi) is 6.17. The Morgan fingerprint density at radius 3 is 2.19 bits per heavy atom. The van der Waals surface area contributed by atoms with E-state index in [9.17, 15) is 0 Å². The number of nitrogens with zero attached hydrogens (tertiary/aromatic N) is 2. The molecular weight excluding hydrogens is 663 g/mol. The first-order valence-electron chi connectivity index (χ1n) is 18.5. The van der Waals surface area contributed by atoms with E-state index in [1.807, 2.05) is 11.8 Å². The van der Waals surface area contributed by atoms with Gasteiger partial charge in [0.25, 0.3) is 0 Å². The molecule has 1 unspecified atom stereocenters. The van der Waals surface area contributed by atoms with Crippen molar-refractivity contribution in [2.24, 2.45) is 0 Å². The van der Waals surface area contributed by atoms with E-state index in [-0.39, 0.29) is 5.37 Å². The lowest BCUT2D eigenvalue weighted by Crippen LogP contribution is -2.01. The zero-order valence-electron chi connectivity index (χ0n) is 28.9. The average molecular weight is 696 g/mol. The summed E-state index contributed by atoms with van der Waals surface area (Å²) >= 11 is 1.90. The van der Waals surface area contributed by atoms with Crippen molar-refractivity contribution >= 4 is 88.6 Å². The second kappa shape index (κ2) is 11.1. The maximum absolute atomic E-state index is 3.88. The zero-order chi connectivity index (χ0) is 34.6. The van der Waals surface area contributed by atoms with E-state index in [1.54, 1.807) is 0 Å². The van der Waals surface area contributed by atoms with Crippen LogP contribution in [0.15, 0.2) is 163 Å². The van der Waals surface area contributed by atoms with Gasteiger partial charge < -0.3 is 14.5 Å². The molecule has 0 amide bonds. The van der Waals surface area contributed by atoms with Crippen LogP contribution < -0.4 is 5.32 Å². The van der Waals surface area contributed by atoms with Crippen molar-refractivity contribution in [3.05, 3.63) is 175 Å². The second-order valence-corrected chi connectivity index (χ2v) is 15.6. The van der Waals surface area contributed by atoms with E-state index in [2.05, 4.69) is 178 Å². The lowest BCUT2D eigenvalue weighted by Gasteiger charge is -2.14. The summed E-state index contributed by atoms with van der Waals surface area (Å²) in [6.45, 7) is 0. The van der Waals surface area contributed by atoms with Gasteiger partial charge in [0, 0.05) is 43.5 Å². The van der Waals surface area contributed by atoms with Gasteiger partial charge in [-0.1, -0.05) is 121 Å². The Morgan fingerprint density at radius 1 is 0.528 bits per heavy atom. The summed E-state index contributed by atoms with van der Waals surface area (Å²) in [7, 11) is 0. The molecule has 1 N–H and O–H groups in total. The molecule has 1 atom stereocenters. The molecule has 0 saturated heterocycles. The molecule has 0 bridgehead atoms. The maximum atomic E-state index is 3.88. The third-order valence-electron chi connectivity index (χ3n) is 11.6. The molecule has 10 aromatic rings. The van der Waals surface area contributed by atoms with Gasteiger partial charge >= 0.3 is 0 Å². The molecule has 12 rings (SSSR count). The van der Waals surface area contributed by atoms with E-state index in [0.29, 0.717) is 0 Å². The van der Waals surface area contributed by atoms with Crippen LogP contribution in [0.1, 0.15) is 28.6 Å². The van der Waals surface area contributed by atoms with E-state index in [1.165, 1.54) is 104 Å². The first-order valence-corrected chi connectivity index (χ1v) is 19.4. The van der Waals surface area contributed by atoms with Crippen LogP contribution in [0.25, 0.3) is 82.5 Å². The molecule has 0 fully saturated rings. The van der Waals surface area contributed by atoms with Gasteiger partial charge in [-0.15, -0.1) is 0 Å². The molecule has 2 aliphatic rings. The van der Waals surface area contributed by atoms with Crippen LogP contribution in [0.4, 0.5) is 5.69 Å². The van der Waals surface area contributed by atoms with E-state index in [4.69, 9.17) is 0 Å². The fraction of sp³-hybridized carbons (Fsp3) is 0.0612. The summed E-state index contributed by atoms with van der Waals surface area (Å²) in [4.78, 5) is 1.31. The predicted octanol–water partition coefficient (Wildman–Crippen LogP) is 13.4. The monoisotopic (exact) mass is 695 g/mol. The Morgan fingerprint density at radius 2 is 1.25 bits per heavy atom. The van der Waals surface area contributed by atoms with Crippen LogP contribution in [-0.4, -0.2) is 9.13 Å². The summed E-state index contributed by atoms with van der Waals surface area (Å²) in [5, 5.41) is 15.7. The highest BCUT2D eigenvalue weighted by Crippen LogP contribution is 2.51. The van der Waals surface area contributed by atoms with Crippen LogP contribution in [-0.2, 0) is 6.42 Å². The molecule has 0 saturated carbocycles. The van der Waals surface area contributed by atoms with Gasteiger partial charge in [0.1, 0.15) is 5.37 Å². The fourth-order valence-electron chi connectivity index (χ4n) is 9.23. The number of hydrogen-bond acceptors (Lipinski definition) is 2. The highest BCUT2D eigenvalue weighted by Gasteiger charge is 2.26. The van der Waals surface area contributed by atoms with E-state index >= 15 is 0 Å². The van der Waals surface area contributed by atoms with Crippen molar-refractivity contribution in [1.29, 1.82) is 0 Å². The number of benzene rings is 8. The highest BCUT2D eigenvalue weighted by atomic mass is 32.2. The first kappa shape index (κ1) is 29.4. The smallest absolute Gasteiger partial charge is 0.103 e. The number of allylic oxidation sites excluding steroid dienone is 1. The minimum atomic E-state index is 0.208. The number of fused-ring (bicyclic) bond motifs is 13. The normalized spacial score (nSPS) is 15.2. The Bertz CT molecular complexity index is 3180. The second-order valence-electron chi connectivity index (χ2n) is 14.4. The molecule has 53 heavy (non-hydrogen) atoms. The topological polar surface area (TPSA) is 21.9 Å². The van der Waals surface area contributed by atoms with Gasteiger partial charge in [0.2, 0.25) is 0 Å². The Balaban J connectivity index is 1.03. The maximum Gasteiger partial charge on any atom is 0.103 e. The molecule has 3 nitrogen and oxygen atoms in total. The fourth-order valence-corrected chi connectivity index (χ4v) is 10.4. The molecule has 3 heterocycles. The standard InChI is InChI=1S/C49H33N3S/c1-2-11-32(12-3-1)49-50-48-45(53-49)27-21-31-18-19-33-28-34(22-24-37(33)46(31)48)51-41-16-8-6-14-38(41)40-29-35(23-26-43(40)51)52-42-17-9-7-15-39(42)47-36-13-5-4-10-30(36)20-25-44(47)52/h1-6,8-14,16-29,49-50H,7,15H2. The summed E-state index contributed by atoms with van der Waals surface area (Å²) in [5.41, 5.74) is 11.4. The molecule has 250 valence electrons. The number of hydrogen-bond donors (Lipinski definition) is 1. The van der Waals surface area contributed by atoms with E-state index in [0.717, 1.165) is 12.8 Å². The lowest BCUT2D eigenvalue weighted by molar-refractivity contribution is 0.968. The SMILES string of the molecule is C1=Cc2c(c3c4ccccc4ccc3n2-c2ccc3c(c2)c2ccccc2n3-c2ccc3c(ccc4ccc5c(c43)NC(c3ccccc3)S5)c2)CC1. The minimum Gasteiger partial charge on any atom is -0.368 e. The summed E-state index contributed by atoms with van der Waals surface area (Å²) in [6, 6.07) is 56.3. The Hall–Kier alpha value is -6.23. The number of para-hydroxylation sites is 1. The molecular formula is C49H33N3S. The summed E-state index contributed by atoms with van der Waals surface area (Å²) < 4.78 is 4.94. The quantitative estimate of drug-likeness (QED) is 0.186. The van der Waals surface area contributed by atoms with Crippen LogP contribution in [0.5, 0.6) is 0 Å². The molecule has 0 spiro atoms. The summed E-state index contributed by atoms with van der Waals surface area (Å²) in [5.74, 6) is 0. The number of thioether (sulfide) groups is 1. The molecule has 1 aliphatic carbocycles. The van der Waals surface area contributed by atoms with Crippen LogP contribution >= 0.6 is 11.8 Å². The number of rotatable bonds is 3. The van der Waals surface area contributed by atoms with Crippen molar-refractivity contribution in [2.45, 2.75) is 23.1 Å². The third-order valence-corrected chi connectivity index (χ3v) is 12.8. The third kappa shape index (κ3) is 4.24. The molecule has 8 aromatic carbocycles. The van der Waals surface area contributed by atoms with Gasteiger partial charge in [0.05, 0.1) is 22.2 Å². The first-order chi connectivity index (χ1) is 26.3. The predicted molar refractivity (Wildman–Crippen MR) is 226 cm³/mol. The largest absolute Gasteiger partial charge is 0.368 e. The number of nitrogens with one attached hydrogen (secondary N) is 1. The van der Waals surface area contributed by atoms with Crippen molar-refractivity contribution in [3.63, 3.8) is 0 Å². The van der Waals surface area contributed by atoms with Crippen LogP contribution in [0.2, 0.25) is 0 Å². The Labute approximate surface area is 310 Å². The summed E-state index contributed by atoms with van der Waals surface area (Å²) in [6.07, 6.45) is 6.81. The van der Waals surface area contributed by atoms with Crippen LogP contribution in [0, 0.1) is 0 Å². The van der Waals surface area contributed by atoms with E-state index < -0.39 is 0 Å². The van der Waals surface area contributed by atoms with Crippen molar-refractivity contribution < 1.29 is 0 Å². The van der Waals surface area contributed by atoms with Gasteiger partial charge in [-0.2, -0.15) is 0 Å². The van der Waals surface area contributed by atoms with Crippen molar-refractivity contribution in [1.82, 2.24) is 9.13 Å². The van der Waals surface area contributed by atoms with Crippen LogP contribution in [0.3, 0.4) is 0 Å². The van der Waals surface area contributed by atoms with Crippen molar-refractivity contribution in [2.75, 3.05) is 5.32 Å². The van der Waals surface area contributed by atoms with Crippen molar-refractivity contribution in [3.8, 4) is 11.4 Å². The lowest BCUT2D eigenvalue weighted by atomic mass is 9.97. The molecule has 4 heteroatoms. The zero-order valence-corrected chi connectivity index (χ0v) is 29.7. The highest BCUT2D eigenvalue weighted by molar-refractivity contribution is 8.00. The number of anilines is 1. The molecule has 2 aromatic heterocycles. The molecule has 0 radical (unpaired) electrons. The molecule has 1 aliphatic heterocycles. The average Bonchev–Trinajstić information content (AvgIpc) is 3.91. The van der Waals surface area contributed by atoms with Gasteiger partial charge in [0.15, 0.2) is 0 Å². The van der Waals surface area contributed by atoms with Gasteiger partial charge in [-0.05, 0) is 106 Å².